The average molecular weight is 242 g/mol. The summed E-state index contributed by atoms with van der Waals surface area (Å²) >= 11 is 0. The first-order valence-corrected chi connectivity index (χ1v) is 5.89. The number of hydrogen-bond donors (Lipinski definition) is 0. The van der Waals surface area contributed by atoms with Crippen LogP contribution in [0.4, 0.5) is 0 Å². The fourth-order valence-corrected chi connectivity index (χ4v) is 1.64. The lowest BCUT2D eigenvalue weighted by Gasteiger charge is -2.14. The predicted octanol–water partition coefficient (Wildman–Crippen LogP) is 2.48. The zero-order valence-corrected chi connectivity index (χ0v) is 11.3. The summed E-state index contributed by atoms with van der Waals surface area (Å²) in [6.07, 6.45) is 2.34. The Hall–Kier alpha value is -1.32. The molecule has 98 valence electrons. The number of rotatable bonds is 6. The maximum absolute atomic E-state index is 11.7. The molecule has 0 amide bonds. The molecule has 4 heteroatoms. The molecule has 0 aliphatic rings. The summed E-state index contributed by atoms with van der Waals surface area (Å²) < 4.78 is 9.46. The van der Waals surface area contributed by atoms with Gasteiger partial charge in [0.1, 0.15) is 0 Å². The molecule has 4 nitrogen and oxygen atoms in total. The minimum Gasteiger partial charge on any atom is -0.466 e. The molecule has 0 bridgehead atoms. The monoisotopic (exact) mass is 242 g/mol. The van der Waals surface area contributed by atoms with Crippen LogP contribution in [0.3, 0.4) is 0 Å². The lowest BCUT2D eigenvalue weighted by molar-refractivity contribution is -0.139. The highest BCUT2D eigenvalue weighted by atomic mass is 16.5. The van der Waals surface area contributed by atoms with Crippen molar-refractivity contribution >= 4 is 11.9 Å². The summed E-state index contributed by atoms with van der Waals surface area (Å²) in [6.45, 7) is 5.75. The van der Waals surface area contributed by atoms with Crippen molar-refractivity contribution in [2.45, 2.75) is 40.0 Å². The van der Waals surface area contributed by atoms with Crippen LogP contribution in [0.25, 0.3) is 0 Å². The SMILES string of the molecule is CCCC/C(C(=O)OC)=C(/C(=O)OC)C(C)C. The Kier molecular flexibility index (Phi) is 7.26. The molecule has 0 spiro atoms. The van der Waals surface area contributed by atoms with Crippen LogP contribution in [0, 0.1) is 5.92 Å². The third-order valence-electron chi connectivity index (χ3n) is 2.52. The smallest absolute Gasteiger partial charge is 0.334 e. The van der Waals surface area contributed by atoms with Gasteiger partial charge in [-0.2, -0.15) is 0 Å². The average Bonchev–Trinajstić information content (AvgIpc) is 2.32. The van der Waals surface area contributed by atoms with E-state index in [9.17, 15) is 9.59 Å². The predicted molar refractivity (Wildman–Crippen MR) is 65.4 cm³/mol. The Morgan fingerprint density at radius 3 is 1.94 bits per heavy atom. The van der Waals surface area contributed by atoms with Gasteiger partial charge in [0.05, 0.1) is 19.8 Å². The molecule has 0 fully saturated rings. The molecule has 0 saturated carbocycles. The number of carbonyl (C=O) groups excluding carboxylic acids is 2. The zero-order valence-electron chi connectivity index (χ0n) is 11.3. The maximum atomic E-state index is 11.7. The first-order valence-electron chi connectivity index (χ1n) is 5.89. The van der Waals surface area contributed by atoms with Crippen LogP contribution >= 0.6 is 0 Å². The first kappa shape index (κ1) is 15.7. The van der Waals surface area contributed by atoms with Crippen molar-refractivity contribution in [1.29, 1.82) is 0 Å². The van der Waals surface area contributed by atoms with Gasteiger partial charge in [-0.3, -0.25) is 0 Å². The number of ether oxygens (including phenoxy) is 2. The molecule has 0 rings (SSSR count). The second-order valence-corrected chi connectivity index (χ2v) is 4.13. The summed E-state index contributed by atoms with van der Waals surface area (Å²) in [6, 6.07) is 0. The Bertz CT molecular complexity index is 303. The molecular weight excluding hydrogens is 220 g/mol. The lowest BCUT2D eigenvalue weighted by Crippen LogP contribution is -2.18. The highest BCUT2D eigenvalue weighted by Crippen LogP contribution is 2.22. The summed E-state index contributed by atoms with van der Waals surface area (Å²) in [5, 5.41) is 0. The van der Waals surface area contributed by atoms with Gasteiger partial charge in [0, 0.05) is 5.57 Å². The second-order valence-electron chi connectivity index (χ2n) is 4.13. The second kappa shape index (κ2) is 7.87. The van der Waals surface area contributed by atoms with E-state index < -0.39 is 11.9 Å². The standard InChI is InChI=1S/C13H22O4/c1-6-7-8-10(12(14)16-4)11(9(2)3)13(15)17-5/h9H,6-8H2,1-5H3/b11-10-. The Labute approximate surface area is 103 Å². The zero-order chi connectivity index (χ0) is 13.4. The van der Waals surface area contributed by atoms with Crippen LogP contribution < -0.4 is 0 Å². The molecule has 0 atom stereocenters. The van der Waals surface area contributed by atoms with Gasteiger partial charge in [0.15, 0.2) is 0 Å². The van der Waals surface area contributed by atoms with Gasteiger partial charge < -0.3 is 9.47 Å². The van der Waals surface area contributed by atoms with Gasteiger partial charge in [-0.15, -0.1) is 0 Å². The van der Waals surface area contributed by atoms with Gasteiger partial charge >= 0.3 is 11.9 Å². The largest absolute Gasteiger partial charge is 0.466 e. The molecule has 0 aromatic carbocycles. The van der Waals surface area contributed by atoms with Crippen LogP contribution in [0.15, 0.2) is 11.1 Å². The van der Waals surface area contributed by atoms with E-state index in [1.807, 2.05) is 20.8 Å². The molecule has 0 saturated heterocycles. The van der Waals surface area contributed by atoms with E-state index in [-0.39, 0.29) is 5.92 Å². The number of hydrogen-bond acceptors (Lipinski definition) is 4. The van der Waals surface area contributed by atoms with Crippen LogP contribution in [0.5, 0.6) is 0 Å². The number of esters is 2. The topological polar surface area (TPSA) is 52.6 Å². The minimum absolute atomic E-state index is 0.0617. The van der Waals surface area contributed by atoms with Crippen molar-refractivity contribution in [3.63, 3.8) is 0 Å². The normalized spacial score (nSPS) is 12.1. The molecule has 17 heavy (non-hydrogen) atoms. The number of methoxy groups -OCH3 is 2. The van der Waals surface area contributed by atoms with E-state index in [2.05, 4.69) is 0 Å². The van der Waals surface area contributed by atoms with E-state index in [0.717, 1.165) is 12.8 Å². The van der Waals surface area contributed by atoms with Crippen molar-refractivity contribution in [3.8, 4) is 0 Å². The van der Waals surface area contributed by atoms with Gasteiger partial charge in [0.2, 0.25) is 0 Å². The Balaban J connectivity index is 5.38. The first-order chi connectivity index (χ1) is 7.99. The molecule has 0 N–H and O–H groups in total. The number of unbranched alkanes of at least 4 members (excludes halogenated alkanes) is 1. The molecule has 0 heterocycles. The van der Waals surface area contributed by atoms with Gasteiger partial charge in [0.25, 0.3) is 0 Å². The fourth-order valence-electron chi connectivity index (χ4n) is 1.64. The quantitative estimate of drug-likeness (QED) is 0.530. The Morgan fingerprint density at radius 1 is 1.06 bits per heavy atom. The molecule has 0 aromatic heterocycles. The highest BCUT2D eigenvalue weighted by Gasteiger charge is 2.24. The van der Waals surface area contributed by atoms with Crippen LogP contribution in [0.2, 0.25) is 0 Å². The van der Waals surface area contributed by atoms with E-state index >= 15 is 0 Å². The summed E-state index contributed by atoms with van der Waals surface area (Å²) in [7, 11) is 2.64. The lowest BCUT2D eigenvalue weighted by atomic mass is 9.94. The van der Waals surface area contributed by atoms with Gasteiger partial charge in [-0.25, -0.2) is 9.59 Å². The van der Waals surface area contributed by atoms with Crippen molar-refractivity contribution in [2.24, 2.45) is 5.92 Å². The van der Waals surface area contributed by atoms with Crippen molar-refractivity contribution < 1.29 is 19.1 Å². The molecule has 0 aliphatic carbocycles. The molecule has 0 aromatic rings. The summed E-state index contributed by atoms with van der Waals surface area (Å²) in [4.78, 5) is 23.4. The third-order valence-corrected chi connectivity index (χ3v) is 2.52. The van der Waals surface area contributed by atoms with E-state index in [1.165, 1.54) is 14.2 Å². The minimum atomic E-state index is -0.448. The third kappa shape index (κ3) is 4.59. The fraction of sp³-hybridized carbons (Fsp3) is 0.692. The van der Waals surface area contributed by atoms with Crippen molar-refractivity contribution in [3.05, 3.63) is 11.1 Å². The summed E-state index contributed by atoms with van der Waals surface area (Å²) in [5.74, 6) is -0.947. The maximum Gasteiger partial charge on any atom is 0.334 e. The molecular formula is C13H22O4. The van der Waals surface area contributed by atoms with E-state index in [1.54, 1.807) is 0 Å². The molecule has 0 unspecified atom stereocenters. The van der Waals surface area contributed by atoms with Gasteiger partial charge in [-0.1, -0.05) is 27.2 Å². The number of carbonyl (C=O) groups is 2. The summed E-state index contributed by atoms with van der Waals surface area (Å²) in [5.41, 5.74) is 0.865. The highest BCUT2D eigenvalue weighted by molar-refractivity contribution is 6.00. The van der Waals surface area contributed by atoms with Gasteiger partial charge in [-0.05, 0) is 18.8 Å². The molecule has 0 radical (unpaired) electrons. The van der Waals surface area contributed by atoms with Crippen molar-refractivity contribution in [2.75, 3.05) is 14.2 Å². The Morgan fingerprint density at radius 2 is 1.59 bits per heavy atom. The molecule has 0 aliphatic heterocycles. The van der Waals surface area contributed by atoms with Crippen LogP contribution in [-0.4, -0.2) is 26.2 Å². The van der Waals surface area contributed by atoms with E-state index in [4.69, 9.17) is 9.47 Å². The van der Waals surface area contributed by atoms with E-state index in [0.29, 0.717) is 17.6 Å². The van der Waals surface area contributed by atoms with Crippen LogP contribution in [0.1, 0.15) is 40.0 Å². The van der Waals surface area contributed by atoms with Crippen LogP contribution in [-0.2, 0) is 19.1 Å². The van der Waals surface area contributed by atoms with Crippen molar-refractivity contribution in [1.82, 2.24) is 0 Å².